The van der Waals surface area contributed by atoms with Gasteiger partial charge >= 0.3 is 5.97 Å². The van der Waals surface area contributed by atoms with E-state index in [2.05, 4.69) is 0 Å². The Bertz CT molecular complexity index is 1610. The SMILES string of the molecule is COc1cc([C@@H]2c3cc4c(cc3[C@@H](OC3OC5COC(c6cccs6)OC5C(O)C3O)[C@H]3COC(=O)[C@H]23)OCO4)cc(C)c1O. The second kappa shape index (κ2) is 11.1. The van der Waals surface area contributed by atoms with Crippen LogP contribution in [0.2, 0.25) is 0 Å². The number of carbonyl (C=O) groups excluding carboxylic acids is 1. The molecule has 3 saturated heterocycles. The van der Waals surface area contributed by atoms with Crippen LogP contribution in [0.15, 0.2) is 41.8 Å². The molecule has 3 aromatic rings. The number of aryl methyl sites for hydroxylation is 1. The van der Waals surface area contributed by atoms with E-state index < -0.39 is 66.8 Å². The van der Waals surface area contributed by atoms with E-state index in [-0.39, 0.29) is 31.5 Å². The summed E-state index contributed by atoms with van der Waals surface area (Å²) in [4.78, 5) is 14.3. The molecule has 0 radical (unpaired) electrons. The van der Waals surface area contributed by atoms with Crippen molar-refractivity contribution in [3.8, 4) is 23.0 Å². The molecule has 13 heteroatoms. The van der Waals surface area contributed by atoms with Gasteiger partial charge in [-0.15, -0.1) is 11.3 Å². The highest BCUT2D eigenvalue weighted by Crippen LogP contribution is 2.56. The number of esters is 1. The maximum absolute atomic E-state index is 13.4. The van der Waals surface area contributed by atoms with Gasteiger partial charge in [0.1, 0.15) is 24.4 Å². The molecule has 3 N–H and O–H groups in total. The van der Waals surface area contributed by atoms with Crippen LogP contribution in [0.5, 0.6) is 23.0 Å². The lowest BCUT2D eigenvalue weighted by Crippen LogP contribution is -2.62. The van der Waals surface area contributed by atoms with Gasteiger partial charge in [0.25, 0.3) is 0 Å². The van der Waals surface area contributed by atoms with Gasteiger partial charge in [0.05, 0.1) is 37.2 Å². The first kappa shape index (κ1) is 29.0. The van der Waals surface area contributed by atoms with Crippen molar-refractivity contribution < 1.29 is 58.0 Å². The molecule has 10 atom stereocenters. The van der Waals surface area contributed by atoms with Crippen molar-refractivity contribution in [3.05, 3.63) is 68.9 Å². The first-order chi connectivity index (χ1) is 21.8. The molecule has 8 rings (SSSR count). The number of fused-ring (bicyclic) bond motifs is 4. The zero-order valence-corrected chi connectivity index (χ0v) is 25.2. The molecule has 0 spiro atoms. The molecular weight excluding hydrogens is 608 g/mol. The number of rotatable bonds is 5. The van der Waals surface area contributed by atoms with Crippen molar-refractivity contribution in [3.63, 3.8) is 0 Å². The quantitative estimate of drug-likeness (QED) is 0.352. The number of aliphatic hydroxyl groups is 2. The largest absolute Gasteiger partial charge is 0.504 e. The average molecular weight is 641 g/mol. The minimum absolute atomic E-state index is 0.0207. The average Bonchev–Trinajstić information content (AvgIpc) is 3.82. The molecular formula is C32H32O12S. The number of aliphatic hydroxyl groups excluding tert-OH is 2. The third kappa shape index (κ3) is 4.68. The Hall–Kier alpha value is -3.43. The molecule has 5 heterocycles. The summed E-state index contributed by atoms with van der Waals surface area (Å²) < 4.78 is 47.2. The van der Waals surface area contributed by atoms with Crippen molar-refractivity contribution in [1.29, 1.82) is 0 Å². The minimum Gasteiger partial charge on any atom is -0.504 e. The van der Waals surface area contributed by atoms with Gasteiger partial charge in [0, 0.05) is 11.8 Å². The summed E-state index contributed by atoms with van der Waals surface area (Å²) in [5.74, 6) is -0.709. The third-order valence-electron chi connectivity index (χ3n) is 9.38. The summed E-state index contributed by atoms with van der Waals surface area (Å²) in [6.07, 6.45) is -7.04. The zero-order chi connectivity index (χ0) is 31.0. The van der Waals surface area contributed by atoms with Gasteiger partial charge in [-0.1, -0.05) is 12.1 Å². The van der Waals surface area contributed by atoms with Gasteiger partial charge in [-0.2, -0.15) is 0 Å². The molecule has 2 aromatic carbocycles. The number of benzene rings is 2. The highest BCUT2D eigenvalue weighted by Gasteiger charge is 2.56. The Morgan fingerprint density at radius 2 is 1.78 bits per heavy atom. The van der Waals surface area contributed by atoms with Crippen LogP contribution in [0, 0.1) is 18.8 Å². The number of methoxy groups -OCH3 is 1. The van der Waals surface area contributed by atoms with E-state index in [9.17, 15) is 20.1 Å². The summed E-state index contributed by atoms with van der Waals surface area (Å²) in [6, 6.07) is 11.0. The van der Waals surface area contributed by atoms with E-state index in [1.807, 2.05) is 35.7 Å². The second-order valence-corrected chi connectivity index (χ2v) is 12.9. The van der Waals surface area contributed by atoms with E-state index in [0.717, 1.165) is 16.0 Å². The summed E-state index contributed by atoms with van der Waals surface area (Å²) in [5.41, 5.74) is 2.78. The number of cyclic esters (lactones) is 1. The van der Waals surface area contributed by atoms with Crippen LogP contribution >= 0.6 is 11.3 Å². The fourth-order valence-corrected chi connectivity index (χ4v) is 7.91. The topological polar surface area (TPSA) is 152 Å². The molecule has 0 amide bonds. The lowest BCUT2D eigenvalue weighted by atomic mass is 9.66. The Morgan fingerprint density at radius 1 is 0.978 bits per heavy atom. The van der Waals surface area contributed by atoms with Gasteiger partial charge in [-0.25, -0.2) is 0 Å². The van der Waals surface area contributed by atoms with Crippen LogP contribution < -0.4 is 14.2 Å². The number of aromatic hydroxyl groups is 1. The van der Waals surface area contributed by atoms with Crippen molar-refractivity contribution in [2.45, 2.75) is 55.9 Å². The van der Waals surface area contributed by atoms with Gasteiger partial charge in [0.2, 0.25) is 6.79 Å². The Labute approximate surface area is 261 Å². The molecule has 5 aliphatic rings. The molecule has 3 fully saturated rings. The predicted molar refractivity (Wildman–Crippen MR) is 154 cm³/mol. The van der Waals surface area contributed by atoms with Crippen LogP contribution in [0.1, 0.15) is 45.4 Å². The van der Waals surface area contributed by atoms with Crippen molar-refractivity contribution in [2.75, 3.05) is 27.1 Å². The summed E-state index contributed by atoms with van der Waals surface area (Å²) >= 11 is 1.47. The smallest absolute Gasteiger partial charge is 0.310 e. The summed E-state index contributed by atoms with van der Waals surface area (Å²) in [6.45, 7) is 2.00. The van der Waals surface area contributed by atoms with Gasteiger partial charge in [-0.05, 0) is 58.8 Å². The van der Waals surface area contributed by atoms with Crippen molar-refractivity contribution >= 4 is 17.3 Å². The Morgan fingerprint density at radius 3 is 2.53 bits per heavy atom. The minimum atomic E-state index is -1.45. The second-order valence-electron chi connectivity index (χ2n) is 11.9. The third-order valence-corrected chi connectivity index (χ3v) is 10.3. The number of phenols is 1. The zero-order valence-electron chi connectivity index (χ0n) is 24.4. The van der Waals surface area contributed by atoms with Gasteiger partial charge < -0.3 is 53.2 Å². The molecule has 45 heavy (non-hydrogen) atoms. The van der Waals surface area contributed by atoms with Gasteiger partial charge in [-0.3, -0.25) is 4.79 Å². The molecule has 238 valence electrons. The molecule has 0 bridgehead atoms. The van der Waals surface area contributed by atoms with Crippen LogP contribution in [0.4, 0.5) is 0 Å². The maximum Gasteiger partial charge on any atom is 0.310 e. The van der Waals surface area contributed by atoms with E-state index in [4.69, 9.17) is 37.9 Å². The Balaban J connectivity index is 1.15. The van der Waals surface area contributed by atoms with Crippen molar-refractivity contribution in [2.24, 2.45) is 11.8 Å². The fraction of sp³-hybridized carbons (Fsp3) is 0.469. The lowest BCUT2D eigenvalue weighted by Gasteiger charge is -2.48. The van der Waals surface area contributed by atoms with Crippen LogP contribution in [-0.2, 0) is 28.5 Å². The first-order valence-corrected chi connectivity index (χ1v) is 15.7. The summed E-state index contributed by atoms with van der Waals surface area (Å²) in [5, 5.41) is 34.9. The van der Waals surface area contributed by atoms with Crippen molar-refractivity contribution in [1.82, 2.24) is 0 Å². The molecule has 1 aliphatic carbocycles. The molecule has 6 unspecified atom stereocenters. The number of hydrogen-bond donors (Lipinski definition) is 3. The van der Waals surface area contributed by atoms with E-state index in [1.165, 1.54) is 18.4 Å². The van der Waals surface area contributed by atoms with E-state index in [0.29, 0.717) is 22.6 Å². The molecule has 12 nitrogen and oxygen atoms in total. The number of hydrogen-bond acceptors (Lipinski definition) is 13. The van der Waals surface area contributed by atoms with Crippen LogP contribution in [0.3, 0.4) is 0 Å². The van der Waals surface area contributed by atoms with E-state index in [1.54, 1.807) is 13.0 Å². The monoisotopic (exact) mass is 640 g/mol. The highest BCUT2D eigenvalue weighted by molar-refractivity contribution is 7.10. The van der Waals surface area contributed by atoms with Crippen LogP contribution in [0.25, 0.3) is 0 Å². The number of thiophene rings is 1. The summed E-state index contributed by atoms with van der Waals surface area (Å²) in [7, 11) is 1.47. The van der Waals surface area contributed by atoms with E-state index >= 15 is 0 Å². The fourth-order valence-electron chi connectivity index (χ4n) is 7.20. The maximum atomic E-state index is 13.4. The number of phenolic OH excluding ortho intramolecular Hbond substituents is 1. The standard InChI is InChI=1S/C32H32O12S/c1-13-6-14(7-20(37-2)25(13)33)23-15-8-18-19(41-12-40-18)9-16(15)28(17-10-38-30(36)24(17)23)43-32-27(35)26(34)29-21(42-32)11-39-31(44-29)22-4-3-5-45-22/h3-9,17,21,23-24,26-29,31-35H,10-12H2,1-2H3/t17-,21?,23+,24-,26?,27?,28+,29?,31?,32?/m0/s1. The number of carbonyl (C=O) groups is 1. The predicted octanol–water partition coefficient (Wildman–Crippen LogP) is 3.05. The number of ether oxygens (including phenoxy) is 8. The normalized spacial score (nSPS) is 34.9. The van der Waals surface area contributed by atoms with Gasteiger partial charge in [0.15, 0.2) is 35.6 Å². The molecule has 1 aromatic heterocycles. The lowest BCUT2D eigenvalue weighted by molar-refractivity contribution is -0.368. The first-order valence-electron chi connectivity index (χ1n) is 14.8. The molecule has 0 saturated carbocycles. The van der Waals surface area contributed by atoms with Crippen LogP contribution in [-0.4, -0.2) is 79.1 Å². The molecule has 4 aliphatic heterocycles. The Kier molecular flexibility index (Phi) is 7.17. The highest BCUT2D eigenvalue weighted by atomic mass is 32.1.